The molecule has 0 heterocycles. The van der Waals surface area contributed by atoms with Gasteiger partial charge in [0.25, 0.3) is 0 Å². The standard InChI is InChI=1S/C27H39N3O4S/c1-6-22(4)28-27(32)25(7-2)29(20-23-14-9-8-10-15-23)26(31)17-12-18-30(35(5,33)34)24-16-11-13-21(3)19-24/h8-11,13-16,19,22,25H,6-7,12,17-18,20H2,1-5H3,(H,28,32)/t22-,25-/m0/s1. The molecule has 35 heavy (non-hydrogen) atoms. The van der Waals surface area contributed by atoms with E-state index in [9.17, 15) is 18.0 Å². The maximum absolute atomic E-state index is 13.4. The lowest BCUT2D eigenvalue weighted by Gasteiger charge is -2.32. The number of carbonyl (C=O) groups excluding carboxylic acids is 2. The van der Waals surface area contributed by atoms with Gasteiger partial charge in [-0.3, -0.25) is 13.9 Å². The first kappa shape index (κ1) is 28.4. The Bertz CT molecular complexity index is 1070. The Morgan fingerprint density at radius 2 is 1.69 bits per heavy atom. The zero-order valence-electron chi connectivity index (χ0n) is 21.5. The molecule has 0 fully saturated rings. The summed E-state index contributed by atoms with van der Waals surface area (Å²) < 4.78 is 26.2. The SMILES string of the molecule is CC[C@H](C)NC(=O)[C@H](CC)N(Cc1ccccc1)C(=O)CCCN(c1cccc(C)c1)S(C)(=O)=O. The Labute approximate surface area is 210 Å². The summed E-state index contributed by atoms with van der Waals surface area (Å²) >= 11 is 0. The number of benzene rings is 2. The molecule has 2 rings (SSSR count). The van der Waals surface area contributed by atoms with Gasteiger partial charge in [0.1, 0.15) is 6.04 Å². The number of sulfonamides is 1. The van der Waals surface area contributed by atoms with Gasteiger partial charge in [-0.05, 0) is 56.4 Å². The average Bonchev–Trinajstić information content (AvgIpc) is 2.81. The zero-order valence-corrected chi connectivity index (χ0v) is 22.3. The molecule has 0 saturated heterocycles. The second kappa shape index (κ2) is 13.3. The first-order valence-corrected chi connectivity index (χ1v) is 14.1. The lowest BCUT2D eigenvalue weighted by Crippen LogP contribution is -2.50. The number of amides is 2. The van der Waals surface area contributed by atoms with Gasteiger partial charge in [0.2, 0.25) is 21.8 Å². The molecule has 2 atom stereocenters. The molecule has 2 aromatic carbocycles. The maximum atomic E-state index is 13.4. The van der Waals surface area contributed by atoms with E-state index in [1.807, 2.05) is 76.2 Å². The van der Waals surface area contributed by atoms with Crippen LogP contribution in [0.25, 0.3) is 0 Å². The van der Waals surface area contributed by atoms with Crippen molar-refractivity contribution in [3.05, 3.63) is 65.7 Å². The van der Waals surface area contributed by atoms with Crippen molar-refractivity contribution < 1.29 is 18.0 Å². The summed E-state index contributed by atoms with van der Waals surface area (Å²) in [5, 5.41) is 3.00. The molecule has 0 aromatic heterocycles. The minimum absolute atomic E-state index is 0.0166. The molecule has 0 saturated carbocycles. The van der Waals surface area contributed by atoms with Crippen LogP contribution in [-0.2, 0) is 26.2 Å². The summed E-state index contributed by atoms with van der Waals surface area (Å²) in [7, 11) is -3.51. The van der Waals surface area contributed by atoms with Crippen LogP contribution in [0.2, 0.25) is 0 Å². The van der Waals surface area contributed by atoms with Gasteiger partial charge in [0.15, 0.2) is 0 Å². The van der Waals surface area contributed by atoms with Gasteiger partial charge in [-0.25, -0.2) is 8.42 Å². The van der Waals surface area contributed by atoms with Gasteiger partial charge < -0.3 is 10.2 Å². The Morgan fingerprint density at radius 1 is 1.00 bits per heavy atom. The second-order valence-electron chi connectivity index (χ2n) is 9.03. The summed E-state index contributed by atoms with van der Waals surface area (Å²) in [5.74, 6) is -0.332. The van der Waals surface area contributed by atoms with E-state index in [1.165, 1.54) is 10.6 Å². The fourth-order valence-electron chi connectivity index (χ4n) is 3.93. The molecule has 192 valence electrons. The minimum Gasteiger partial charge on any atom is -0.352 e. The molecule has 0 aliphatic heterocycles. The minimum atomic E-state index is -3.51. The van der Waals surface area contributed by atoms with Crippen LogP contribution in [0.5, 0.6) is 0 Å². The third-order valence-electron chi connectivity index (χ3n) is 6.02. The van der Waals surface area contributed by atoms with E-state index in [0.717, 1.165) is 17.5 Å². The highest BCUT2D eigenvalue weighted by atomic mass is 32.2. The lowest BCUT2D eigenvalue weighted by atomic mass is 10.1. The lowest BCUT2D eigenvalue weighted by molar-refractivity contribution is -0.141. The van der Waals surface area contributed by atoms with Crippen LogP contribution < -0.4 is 9.62 Å². The third kappa shape index (κ3) is 8.69. The van der Waals surface area contributed by atoms with E-state index in [1.54, 1.807) is 11.0 Å². The van der Waals surface area contributed by atoms with E-state index in [0.29, 0.717) is 25.1 Å². The topological polar surface area (TPSA) is 86.8 Å². The molecule has 0 radical (unpaired) electrons. The van der Waals surface area contributed by atoms with Crippen molar-refractivity contribution in [2.75, 3.05) is 17.1 Å². The molecule has 0 aliphatic carbocycles. The molecule has 7 nitrogen and oxygen atoms in total. The zero-order chi connectivity index (χ0) is 26.0. The number of nitrogens with zero attached hydrogens (tertiary/aromatic N) is 2. The summed E-state index contributed by atoms with van der Waals surface area (Å²) in [6.45, 7) is 8.25. The van der Waals surface area contributed by atoms with Gasteiger partial charge in [0, 0.05) is 25.6 Å². The number of hydrogen-bond donors (Lipinski definition) is 1. The molecule has 0 bridgehead atoms. The molecule has 2 amide bonds. The van der Waals surface area contributed by atoms with E-state index in [-0.39, 0.29) is 30.8 Å². The third-order valence-corrected chi connectivity index (χ3v) is 7.22. The Hall–Kier alpha value is -2.87. The van der Waals surface area contributed by atoms with E-state index < -0.39 is 16.1 Å². The predicted molar refractivity (Wildman–Crippen MR) is 142 cm³/mol. The van der Waals surface area contributed by atoms with Crippen LogP contribution in [-0.4, -0.2) is 50.0 Å². The van der Waals surface area contributed by atoms with Crippen LogP contribution in [0.3, 0.4) is 0 Å². The molecule has 0 spiro atoms. The molecule has 8 heteroatoms. The van der Waals surface area contributed by atoms with Crippen LogP contribution in [0.1, 0.15) is 57.6 Å². The summed E-state index contributed by atoms with van der Waals surface area (Å²) in [5.41, 5.74) is 2.48. The first-order chi connectivity index (χ1) is 16.6. The van der Waals surface area contributed by atoms with E-state index >= 15 is 0 Å². The Kier molecular flexibility index (Phi) is 10.8. The van der Waals surface area contributed by atoms with Crippen molar-refractivity contribution in [2.45, 2.75) is 72.0 Å². The van der Waals surface area contributed by atoms with Crippen molar-refractivity contribution in [2.24, 2.45) is 0 Å². The quantitative estimate of drug-likeness (QED) is 0.444. The van der Waals surface area contributed by atoms with Crippen LogP contribution in [0.15, 0.2) is 54.6 Å². The highest BCUT2D eigenvalue weighted by molar-refractivity contribution is 7.92. The van der Waals surface area contributed by atoms with Crippen molar-refractivity contribution >= 4 is 27.5 Å². The number of anilines is 1. The number of nitrogens with one attached hydrogen (secondary N) is 1. The number of carbonyl (C=O) groups is 2. The molecule has 0 unspecified atom stereocenters. The van der Waals surface area contributed by atoms with Crippen molar-refractivity contribution in [1.82, 2.24) is 10.2 Å². The Balaban J connectivity index is 2.19. The van der Waals surface area contributed by atoms with Crippen LogP contribution in [0, 0.1) is 6.92 Å². The normalized spacial score (nSPS) is 13.1. The summed E-state index contributed by atoms with van der Waals surface area (Å²) in [6, 6.07) is 16.3. The summed E-state index contributed by atoms with van der Waals surface area (Å²) in [6.07, 6.45) is 2.94. The van der Waals surface area contributed by atoms with Crippen molar-refractivity contribution in [3.63, 3.8) is 0 Å². The molecule has 0 aliphatic rings. The molecule has 1 N–H and O–H groups in total. The smallest absolute Gasteiger partial charge is 0.243 e. The van der Waals surface area contributed by atoms with Gasteiger partial charge in [-0.1, -0.05) is 56.3 Å². The maximum Gasteiger partial charge on any atom is 0.243 e. The second-order valence-corrected chi connectivity index (χ2v) is 10.9. The van der Waals surface area contributed by atoms with Gasteiger partial charge in [-0.15, -0.1) is 0 Å². The van der Waals surface area contributed by atoms with Gasteiger partial charge >= 0.3 is 0 Å². The fraction of sp³-hybridized carbons (Fsp3) is 0.481. The van der Waals surface area contributed by atoms with E-state index in [2.05, 4.69) is 5.32 Å². The average molecular weight is 502 g/mol. The molecular formula is C27H39N3O4S. The van der Waals surface area contributed by atoms with Crippen LogP contribution >= 0.6 is 0 Å². The van der Waals surface area contributed by atoms with Crippen LogP contribution in [0.4, 0.5) is 5.69 Å². The highest BCUT2D eigenvalue weighted by Crippen LogP contribution is 2.20. The predicted octanol–water partition coefficient (Wildman–Crippen LogP) is 4.26. The largest absolute Gasteiger partial charge is 0.352 e. The van der Waals surface area contributed by atoms with Crippen molar-refractivity contribution in [3.8, 4) is 0 Å². The first-order valence-electron chi connectivity index (χ1n) is 12.2. The number of rotatable bonds is 13. The summed E-state index contributed by atoms with van der Waals surface area (Å²) in [4.78, 5) is 28.1. The number of aryl methyl sites for hydroxylation is 1. The molecular weight excluding hydrogens is 462 g/mol. The van der Waals surface area contributed by atoms with Gasteiger partial charge in [0.05, 0.1) is 11.9 Å². The molecule has 2 aromatic rings. The van der Waals surface area contributed by atoms with Gasteiger partial charge in [-0.2, -0.15) is 0 Å². The van der Waals surface area contributed by atoms with E-state index in [4.69, 9.17) is 0 Å². The fourth-order valence-corrected chi connectivity index (χ4v) is 4.88. The monoisotopic (exact) mass is 501 g/mol. The Morgan fingerprint density at radius 3 is 2.26 bits per heavy atom. The number of hydrogen-bond acceptors (Lipinski definition) is 4. The highest BCUT2D eigenvalue weighted by Gasteiger charge is 2.29. The van der Waals surface area contributed by atoms with Crippen molar-refractivity contribution in [1.29, 1.82) is 0 Å².